The average Bonchev–Trinajstić information content (AvgIpc) is 2.62. The van der Waals surface area contributed by atoms with Gasteiger partial charge in [-0.2, -0.15) is 0 Å². The highest BCUT2D eigenvalue weighted by Crippen LogP contribution is 2.18. The minimum absolute atomic E-state index is 0.0521. The van der Waals surface area contributed by atoms with Crippen LogP contribution in [0.5, 0.6) is 0 Å². The quantitative estimate of drug-likeness (QED) is 0.466. The van der Waals surface area contributed by atoms with Gasteiger partial charge in [0.15, 0.2) is 0 Å². The number of benzene rings is 2. The molecule has 0 saturated heterocycles. The Hall–Kier alpha value is -2.54. The van der Waals surface area contributed by atoms with E-state index < -0.39 is 0 Å². The second-order valence-electron chi connectivity index (χ2n) is 6.24. The fraction of sp³-hybridized carbons (Fsp3) is 0.300. The lowest BCUT2D eigenvalue weighted by Gasteiger charge is -2.10. The molecule has 0 aliphatic carbocycles. The number of hydrogen-bond donors (Lipinski definition) is 3. The van der Waals surface area contributed by atoms with Gasteiger partial charge in [-0.1, -0.05) is 0 Å². The van der Waals surface area contributed by atoms with Gasteiger partial charge in [0.05, 0.1) is 0 Å². The van der Waals surface area contributed by atoms with E-state index in [-0.39, 0.29) is 23.8 Å². The fourth-order valence-corrected chi connectivity index (χ4v) is 3.08. The predicted octanol–water partition coefficient (Wildman–Crippen LogP) is 4.27. The molecule has 3 amide bonds. The van der Waals surface area contributed by atoms with Crippen LogP contribution in [0, 0.1) is 5.82 Å². The molecule has 0 bridgehead atoms. The summed E-state index contributed by atoms with van der Waals surface area (Å²) in [6, 6.07) is 12.9. The molecule has 0 aliphatic rings. The number of nitrogens with one attached hydrogen (secondary N) is 3. The molecule has 0 aliphatic heterocycles. The van der Waals surface area contributed by atoms with E-state index >= 15 is 0 Å². The van der Waals surface area contributed by atoms with Crippen LogP contribution in [-0.4, -0.2) is 30.3 Å². The largest absolute Gasteiger partial charge is 0.352 e. The van der Waals surface area contributed by atoms with E-state index in [2.05, 4.69) is 16.0 Å². The van der Waals surface area contributed by atoms with E-state index in [0.29, 0.717) is 17.8 Å². The van der Waals surface area contributed by atoms with Crippen molar-refractivity contribution in [2.75, 3.05) is 17.6 Å². The standard InChI is InChI=1S/C20H24FN3O2S/c1-14(2)23-20(26)24-17-8-4-15(5-9-17)19(25)22-12-3-13-27-18-10-6-16(21)7-11-18/h4-11,14H,3,12-13H2,1-2H3,(H,22,25)(H2,23,24,26). The van der Waals surface area contributed by atoms with E-state index in [1.807, 2.05) is 13.8 Å². The van der Waals surface area contributed by atoms with Crippen LogP contribution < -0.4 is 16.0 Å². The highest BCUT2D eigenvalue weighted by Gasteiger charge is 2.07. The molecule has 2 aromatic carbocycles. The second kappa shape index (κ2) is 10.6. The van der Waals surface area contributed by atoms with Crippen molar-refractivity contribution < 1.29 is 14.0 Å². The van der Waals surface area contributed by atoms with E-state index in [4.69, 9.17) is 0 Å². The molecule has 27 heavy (non-hydrogen) atoms. The first kappa shape index (κ1) is 20.8. The normalized spacial score (nSPS) is 10.5. The van der Waals surface area contributed by atoms with E-state index in [9.17, 15) is 14.0 Å². The first-order valence-corrected chi connectivity index (χ1v) is 9.77. The van der Waals surface area contributed by atoms with Crippen LogP contribution in [0.15, 0.2) is 53.4 Å². The second-order valence-corrected chi connectivity index (χ2v) is 7.41. The fourth-order valence-electron chi connectivity index (χ4n) is 2.23. The zero-order chi connectivity index (χ0) is 19.6. The van der Waals surface area contributed by atoms with Crippen LogP contribution in [0.3, 0.4) is 0 Å². The molecule has 2 aromatic rings. The summed E-state index contributed by atoms with van der Waals surface area (Å²) in [4.78, 5) is 24.8. The summed E-state index contributed by atoms with van der Waals surface area (Å²) >= 11 is 1.62. The van der Waals surface area contributed by atoms with Gasteiger partial charge in [-0.05, 0) is 74.6 Å². The summed E-state index contributed by atoms with van der Waals surface area (Å²) in [6.07, 6.45) is 0.808. The third-order valence-corrected chi connectivity index (χ3v) is 4.61. The Morgan fingerprint density at radius 1 is 1.04 bits per heavy atom. The average molecular weight is 389 g/mol. The Morgan fingerprint density at radius 3 is 2.33 bits per heavy atom. The number of rotatable bonds is 8. The monoisotopic (exact) mass is 389 g/mol. The first-order valence-electron chi connectivity index (χ1n) is 8.78. The van der Waals surface area contributed by atoms with Crippen molar-refractivity contribution in [2.24, 2.45) is 0 Å². The van der Waals surface area contributed by atoms with Gasteiger partial charge >= 0.3 is 6.03 Å². The number of amides is 3. The van der Waals surface area contributed by atoms with Crippen molar-refractivity contribution >= 4 is 29.4 Å². The van der Waals surface area contributed by atoms with Crippen molar-refractivity contribution in [3.63, 3.8) is 0 Å². The van der Waals surface area contributed by atoms with Crippen molar-refractivity contribution in [2.45, 2.75) is 31.2 Å². The van der Waals surface area contributed by atoms with Gasteiger partial charge in [-0.25, -0.2) is 9.18 Å². The van der Waals surface area contributed by atoms with Crippen molar-refractivity contribution in [3.05, 3.63) is 59.9 Å². The van der Waals surface area contributed by atoms with Crippen LogP contribution in [-0.2, 0) is 0 Å². The zero-order valence-corrected chi connectivity index (χ0v) is 16.2. The third kappa shape index (κ3) is 7.70. The third-order valence-electron chi connectivity index (χ3n) is 3.51. The number of carbonyl (C=O) groups is 2. The Labute approximate surface area is 163 Å². The summed E-state index contributed by atoms with van der Waals surface area (Å²) in [6.45, 7) is 4.32. The van der Waals surface area contributed by atoms with E-state index in [1.165, 1.54) is 12.1 Å². The Morgan fingerprint density at radius 2 is 1.70 bits per heavy atom. The Bertz CT molecular complexity index is 749. The molecule has 0 atom stereocenters. The molecule has 5 nitrogen and oxygen atoms in total. The lowest BCUT2D eigenvalue weighted by atomic mass is 10.2. The number of urea groups is 1. The molecule has 0 heterocycles. The molecular formula is C20H24FN3O2S. The van der Waals surface area contributed by atoms with Gasteiger partial charge in [0.2, 0.25) is 0 Å². The van der Waals surface area contributed by atoms with Gasteiger partial charge in [-0.3, -0.25) is 4.79 Å². The molecule has 3 N–H and O–H groups in total. The molecule has 7 heteroatoms. The van der Waals surface area contributed by atoms with Crippen LogP contribution in [0.2, 0.25) is 0 Å². The van der Waals surface area contributed by atoms with Crippen LogP contribution in [0.4, 0.5) is 14.9 Å². The molecule has 0 saturated carbocycles. The molecule has 0 unspecified atom stereocenters. The van der Waals surface area contributed by atoms with Crippen molar-refractivity contribution in [1.29, 1.82) is 0 Å². The summed E-state index contributed by atoms with van der Waals surface area (Å²) in [5, 5.41) is 8.31. The molecule has 0 aromatic heterocycles. The number of carbonyl (C=O) groups excluding carboxylic acids is 2. The first-order chi connectivity index (χ1) is 12.9. The van der Waals surface area contributed by atoms with Gasteiger partial charge in [0.1, 0.15) is 5.82 Å². The Kier molecular flexibility index (Phi) is 8.13. The molecule has 0 fully saturated rings. The maximum atomic E-state index is 12.8. The maximum absolute atomic E-state index is 12.8. The Balaban J connectivity index is 1.69. The van der Waals surface area contributed by atoms with E-state index in [1.54, 1.807) is 48.2 Å². The topological polar surface area (TPSA) is 70.2 Å². The zero-order valence-electron chi connectivity index (χ0n) is 15.4. The minimum Gasteiger partial charge on any atom is -0.352 e. The maximum Gasteiger partial charge on any atom is 0.319 e. The molecule has 0 spiro atoms. The van der Waals surface area contributed by atoms with Crippen molar-refractivity contribution in [1.82, 2.24) is 10.6 Å². The SMILES string of the molecule is CC(C)NC(=O)Nc1ccc(C(=O)NCCCSc2ccc(F)cc2)cc1. The van der Waals surface area contributed by atoms with E-state index in [0.717, 1.165) is 17.1 Å². The molecular weight excluding hydrogens is 365 g/mol. The number of hydrogen-bond acceptors (Lipinski definition) is 3. The summed E-state index contributed by atoms with van der Waals surface area (Å²) in [5.41, 5.74) is 1.16. The molecule has 0 radical (unpaired) electrons. The molecule has 2 rings (SSSR count). The lowest BCUT2D eigenvalue weighted by Crippen LogP contribution is -2.34. The predicted molar refractivity (Wildman–Crippen MR) is 108 cm³/mol. The molecule has 144 valence electrons. The number of thioether (sulfide) groups is 1. The smallest absolute Gasteiger partial charge is 0.319 e. The summed E-state index contributed by atoms with van der Waals surface area (Å²) in [5.74, 6) is 0.438. The van der Waals surface area contributed by atoms with Gasteiger partial charge < -0.3 is 16.0 Å². The van der Waals surface area contributed by atoms with Gasteiger partial charge in [0.25, 0.3) is 5.91 Å². The number of anilines is 1. The van der Waals surface area contributed by atoms with Crippen LogP contribution >= 0.6 is 11.8 Å². The summed E-state index contributed by atoms with van der Waals surface area (Å²) < 4.78 is 12.8. The summed E-state index contributed by atoms with van der Waals surface area (Å²) in [7, 11) is 0. The minimum atomic E-state index is -0.277. The highest BCUT2D eigenvalue weighted by molar-refractivity contribution is 7.99. The van der Waals surface area contributed by atoms with Crippen LogP contribution in [0.25, 0.3) is 0 Å². The number of halogens is 1. The van der Waals surface area contributed by atoms with Crippen molar-refractivity contribution in [3.8, 4) is 0 Å². The lowest BCUT2D eigenvalue weighted by molar-refractivity contribution is 0.0954. The highest BCUT2D eigenvalue weighted by atomic mass is 32.2. The van der Waals surface area contributed by atoms with Gasteiger partial charge in [-0.15, -0.1) is 11.8 Å². The van der Waals surface area contributed by atoms with Crippen LogP contribution in [0.1, 0.15) is 30.6 Å². The van der Waals surface area contributed by atoms with Gasteiger partial charge in [0, 0.05) is 28.7 Å².